The van der Waals surface area contributed by atoms with Crippen LogP contribution in [0.5, 0.6) is 0 Å². The molecule has 130 valence electrons. The van der Waals surface area contributed by atoms with Crippen LogP contribution in [0.15, 0.2) is 17.3 Å². The first-order chi connectivity index (χ1) is 11.0. The van der Waals surface area contributed by atoms with Gasteiger partial charge in [-0.05, 0) is 25.7 Å². The van der Waals surface area contributed by atoms with Crippen LogP contribution in [0, 0.1) is 5.92 Å². The molecule has 0 unspecified atom stereocenters. The van der Waals surface area contributed by atoms with Crippen molar-refractivity contribution in [1.29, 1.82) is 0 Å². The highest BCUT2D eigenvalue weighted by molar-refractivity contribution is 7.89. The van der Waals surface area contributed by atoms with Crippen LogP contribution in [-0.4, -0.2) is 73.3 Å². The number of hydrogen-bond donors (Lipinski definition) is 0. The molecule has 0 N–H and O–H groups in total. The zero-order valence-electron chi connectivity index (χ0n) is 13.9. The first kappa shape index (κ1) is 16.9. The van der Waals surface area contributed by atoms with Gasteiger partial charge in [-0.1, -0.05) is 0 Å². The van der Waals surface area contributed by atoms with E-state index >= 15 is 0 Å². The van der Waals surface area contributed by atoms with Crippen molar-refractivity contribution < 1.29 is 13.2 Å². The molecule has 2 atom stereocenters. The Balaban J connectivity index is 1.78. The number of nitrogens with zero attached hydrogens (tertiary/aromatic N) is 4. The van der Waals surface area contributed by atoms with Gasteiger partial charge in [-0.2, -0.15) is 9.40 Å². The molecule has 1 aromatic rings. The summed E-state index contributed by atoms with van der Waals surface area (Å²) >= 11 is 0. The van der Waals surface area contributed by atoms with Gasteiger partial charge < -0.3 is 4.74 Å². The Morgan fingerprint density at radius 3 is 2.83 bits per heavy atom. The lowest BCUT2D eigenvalue weighted by molar-refractivity contribution is 0.0881. The van der Waals surface area contributed by atoms with Gasteiger partial charge in [0.2, 0.25) is 10.0 Å². The second-order valence-corrected chi connectivity index (χ2v) is 8.38. The maximum atomic E-state index is 12.9. The van der Waals surface area contributed by atoms with Crippen molar-refractivity contribution in [3.8, 4) is 0 Å². The molecule has 3 fully saturated rings. The molecule has 0 saturated carbocycles. The lowest BCUT2D eigenvalue weighted by Gasteiger charge is -2.35. The average Bonchev–Trinajstić information content (AvgIpc) is 2.86. The van der Waals surface area contributed by atoms with Crippen molar-refractivity contribution in [2.75, 3.05) is 39.9 Å². The molecule has 3 aliphatic rings. The number of ether oxygens (including phenoxy) is 1. The van der Waals surface area contributed by atoms with Crippen LogP contribution in [0.1, 0.15) is 19.8 Å². The lowest BCUT2D eigenvalue weighted by atomic mass is 9.95. The fraction of sp³-hybridized carbons (Fsp3) is 0.800. The molecule has 1 aromatic heterocycles. The van der Waals surface area contributed by atoms with Gasteiger partial charge >= 0.3 is 0 Å². The Hall–Kier alpha value is -0.960. The van der Waals surface area contributed by atoms with Crippen LogP contribution in [0.4, 0.5) is 0 Å². The van der Waals surface area contributed by atoms with Crippen molar-refractivity contribution in [2.45, 2.75) is 37.2 Å². The summed E-state index contributed by atoms with van der Waals surface area (Å²) in [7, 11) is -1.75. The zero-order chi connectivity index (χ0) is 16.4. The summed E-state index contributed by atoms with van der Waals surface area (Å²) in [5, 5.41) is 4.11. The van der Waals surface area contributed by atoms with Crippen LogP contribution in [0.2, 0.25) is 0 Å². The van der Waals surface area contributed by atoms with E-state index in [1.165, 1.54) is 6.20 Å². The highest BCUT2D eigenvalue weighted by Crippen LogP contribution is 2.30. The molecule has 0 aromatic carbocycles. The summed E-state index contributed by atoms with van der Waals surface area (Å²) in [6, 6.07) is 0.292. The number of aryl methyl sites for hydroxylation is 1. The van der Waals surface area contributed by atoms with E-state index in [9.17, 15) is 8.42 Å². The molecule has 8 heteroatoms. The fourth-order valence-electron chi connectivity index (χ4n) is 3.61. The van der Waals surface area contributed by atoms with Crippen LogP contribution in [0.25, 0.3) is 0 Å². The van der Waals surface area contributed by atoms with Crippen molar-refractivity contribution in [1.82, 2.24) is 19.0 Å². The number of sulfonamides is 1. The predicted octanol–water partition coefficient (Wildman–Crippen LogP) is 0.634. The third kappa shape index (κ3) is 3.45. The van der Waals surface area contributed by atoms with E-state index in [1.54, 1.807) is 22.3 Å². The molecule has 3 aliphatic heterocycles. The number of rotatable bonds is 6. The van der Waals surface area contributed by atoms with Crippen molar-refractivity contribution in [2.24, 2.45) is 5.92 Å². The number of aromatic nitrogens is 2. The van der Waals surface area contributed by atoms with Crippen LogP contribution < -0.4 is 0 Å². The van der Waals surface area contributed by atoms with Gasteiger partial charge in [0.15, 0.2) is 0 Å². The molecule has 2 bridgehead atoms. The molecule has 0 amide bonds. The quantitative estimate of drug-likeness (QED) is 0.759. The van der Waals surface area contributed by atoms with E-state index in [0.29, 0.717) is 43.1 Å². The van der Waals surface area contributed by atoms with E-state index in [4.69, 9.17) is 4.74 Å². The average molecular weight is 342 g/mol. The van der Waals surface area contributed by atoms with Gasteiger partial charge in [0.05, 0.1) is 12.8 Å². The van der Waals surface area contributed by atoms with E-state index in [0.717, 1.165) is 25.9 Å². The van der Waals surface area contributed by atoms with Gasteiger partial charge in [-0.3, -0.25) is 9.58 Å². The monoisotopic (exact) mass is 342 g/mol. The Labute approximate surface area is 138 Å². The minimum absolute atomic E-state index is 0.292. The number of hydrogen-bond acceptors (Lipinski definition) is 5. The summed E-state index contributed by atoms with van der Waals surface area (Å²) in [5.41, 5.74) is 0. The number of fused-ring (bicyclic) bond motifs is 4. The molecule has 4 rings (SSSR count). The first-order valence-corrected chi connectivity index (χ1v) is 9.74. The highest BCUT2D eigenvalue weighted by atomic mass is 32.2. The zero-order valence-corrected chi connectivity index (χ0v) is 14.7. The van der Waals surface area contributed by atoms with Gasteiger partial charge in [0, 0.05) is 52.1 Å². The maximum absolute atomic E-state index is 12.9. The fourth-order valence-corrected chi connectivity index (χ4v) is 5.12. The SMILES string of the molecule is CCn1cc(S(=O)(=O)N2C[C@@H]3CC[C@H](C2)N(CCOC)C3)cn1. The van der Waals surface area contributed by atoms with Gasteiger partial charge in [-0.15, -0.1) is 0 Å². The Morgan fingerprint density at radius 1 is 1.30 bits per heavy atom. The van der Waals surface area contributed by atoms with Crippen LogP contribution in [0.3, 0.4) is 0 Å². The van der Waals surface area contributed by atoms with E-state index in [2.05, 4.69) is 10.00 Å². The minimum atomic E-state index is -3.45. The summed E-state index contributed by atoms with van der Waals surface area (Å²) in [6.07, 6.45) is 5.27. The van der Waals surface area contributed by atoms with Crippen molar-refractivity contribution >= 4 is 10.0 Å². The van der Waals surface area contributed by atoms with Crippen molar-refractivity contribution in [3.63, 3.8) is 0 Å². The summed E-state index contributed by atoms with van der Waals surface area (Å²) in [6.45, 7) is 6.33. The second-order valence-electron chi connectivity index (χ2n) is 6.44. The van der Waals surface area contributed by atoms with E-state index in [1.807, 2.05) is 6.92 Å². The molecule has 7 nitrogen and oxygen atoms in total. The molecule has 3 saturated heterocycles. The van der Waals surface area contributed by atoms with Crippen molar-refractivity contribution in [3.05, 3.63) is 12.4 Å². The van der Waals surface area contributed by atoms with E-state index in [-0.39, 0.29) is 0 Å². The van der Waals surface area contributed by atoms with Gasteiger partial charge in [0.1, 0.15) is 4.90 Å². The normalized spacial score (nSPS) is 26.5. The second kappa shape index (κ2) is 6.88. The Morgan fingerprint density at radius 2 is 2.13 bits per heavy atom. The third-order valence-electron chi connectivity index (χ3n) is 4.95. The highest BCUT2D eigenvalue weighted by Gasteiger charge is 2.39. The number of methoxy groups -OCH3 is 1. The molecule has 0 aliphatic carbocycles. The third-order valence-corrected chi connectivity index (χ3v) is 6.73. The summed E-state index contributed by atoms with van der Waals surface area (Å²) in [4.78, 5) is 2.70. The lowest BCUT2D eigenvalue weighted by Crippen LogP contribution is -2.45. The maximum Gasteiger partial charge on any atom is 0.246 e. The topological polar surface area (TPSA) is 67.7 Å². The first-order valence-electron chi connectivity index (χ1n) is 8.30. The molecule has 4 heterocycles. The van der Waals surface area contributed by atoms with Gasteiger partial charge in [-0.25, -0.2) is 8.42 Å². The molecular formula is C15H26N4O3S. The molecule has 23 heavy (non-hydrogen) atoms. The van der Waals surface area contributed by atoms with Crippen LogP contribution in [-0.2, 0) is 21.3 Å². The Bertz CT molecular complexity index is 630. The minimum Gasteiger partial charge on any atom is -0.383 e. The molecular weight excluding hydrogens is 316 g/mol. The molecule has 0 spiro atoms. The molecule has 0 radical (unpaired) electrons. The van der Waals surface area contributed by atoms with E-state index < -0.39 is 10.0 Å². The van der Waals surface area contributed by atoms with Gasteiger partial charge in [0.25, 0.3) is 0 Å². The summed E-state index contributed by atoms with van der Waals surface area (Å²) in [5.74, 6) is 0.404. The Kier molecular flexibility index (Phi) is 5.05. The smallest absolute Gasteiger partial charge is 0.246 e. The summed E-state index contributed by atoms with van der Waals surface area (Å²) < 4.78 is 34.4. The largest absolute Gasteiger partial charge is 0.383 e. The van der Waals surface area contributed by atoms with Crippen LogP contribution >= 0.6 is 0 Å². The number of piperidine rings is 1. The standard InChI is InChI=1S/C15H26N4O3S/c1-3-18-12-15(8-16-18)23(20,21)19-10-13-4-5-14(11-19)17(9-13)6-7-22-2/h8,12-14H,3-7,9-11H2,1-2H3/t13-,14-/m1/s1. The predicted molar refractivity (Wildman–Crippen MR) is 86.6 cm³/mol.